The molecule has 0 spiro atoms. The molecule has 0 fully saturated rings. The topological polar surface area (TPSA) is 42.0 Å². The summed E-state index contributed by atoms with van der Waals surface area (Å²) in [7, 11) is 0. The van der Waals surface area contributed by atoms with Gasteiger partial charge in [0.15, 0.2) is 0 Å². The fraction of sp³-hybridized carbons (Fsp3) is 0.0833. The number of amides is 1. The Morgan fingerprint density at radius 1 is 0.897 bits per heavy atom. The van der Waals surface area contributed by atoms with Gasteiger partial charge in [-0.2, -0.15) is 0 Å². The molecule has 0 aliphatic rings. The second-order valence-corrected chi connectivity index (χ2v) is 7.62. The summed E-state index contributed by atoms with van der Waals surface area (Å²) in [6.07, 6.45) is 0. The summed E-state index contributed by atoms with van der Waals surface area (Å²) >= 11 is 12.2. The Kier molecular flexibility index (Phi) is 5.52. The van der Waals surface area contributed by atoms with Crippen LogP contribution in [0.5, 0.6) is 0 Å². The van der Waals surface area contributed by atoms with Gasteiger partial charge in [0.25, 0.3) is 5.91 Å². The molecule has 4 aromatic rings. The van der Waals surface area contributed by atoms with Crippen LogP contribution in [0, 0.1) is 0 Å². The number of fused-ring (bicyclic) bond motifs is 1. The zero-order valence-corrected chi connectivity index (χ0v) is 17.2. The molecule has 5 heteroatoms. The van der Waals surface area contributed by atoms with Gasteiger partial charge in [-0.05, 0) is 36.8 Å². The number of aromatic nitrogens is 1. The van der Waals surface area contributed by atoms with Crippen LogP contribution in [-0.4, -0.2) is 10.9 Å². The lowest BCUT2D eigenvalue weighted by Gasteiger charge is -2.16. The van der Waals surface area contributed by atoms with E-state index in [1.165, 1.54) is 0 Å². The number of para-hydroxylation sites is 1. The third kappa shape index (κ3) is 4.12. The highest BCUT2D eigenvalue weighted by Crippen LogP contribution is 2.30. The molecule has 144 valence electrons. The molecule has 0 aliphatic heterocycles. The van der Waals surface area contributed by atoms with E-state index in [9.17, 15) is 4.79 Å². The molecular formula is C24H18Cl2N2O. The van der Waals surface area contributed by atoms with Crippen molar-refractivity contribution in [3.63, 3.8) is 0 Å². The normalized spacial score (nSPS) is 12.0. The number of carbonyl (C=O) groups is 1. The van der Waals surface area contributed by atoms with Crippen molar-refractivity contribution in [1.82, 2.24) is 10.3 Å². The van der Waals surface area contributed by atoms with Crippen LogP contribution in [0.1, 0.15) is 28.9 Å². The van der Waals surface area contributed by atoms with E-state index < -0.39 is 0 Å². The van der Waals surface area contributed by atoms with Crippen LogP contribution in [0.15, 0.2) is 78.9 Å². The summed E-state index contributed by atoms with van der Waals surface area (Å²) in [4.78, 5) is 17.9. The number of hydrogen-bond donors (Lipinski definition) is 1. The fourth-order valence-corrected chi connectivity index (χ4v) is 3.56. The average molecular weight is 421 g/mol. The van der Waals surface area contributed by atoms with Crippen LogP contribution in [0.25, 0.3) is 22.2 Å². The minimum atomic E-state index is -0.152. The van der Waals surface area contributed by atoms with Crippen LogP contribution in [0.2, 0.25) is 10.0 Å². The second kappa shape index (κ2) is 8.24. The van der Waals surface area contributed by atoms with E-state index in [-0.39, 0.29) is 11.9 Å². The zero-order valence-electron chi connectivity index (χ0n) is 15.7. The van der Waals surface area contributed by atoms with Crippen molar-refractivity contribution in [1.29, 1.82) is 0 Å². The largest absolute Gasteiger partial charge is 0.345 e. The maximum atomic E-state index is 13.2. The molecule has 0 saturated heterocycles. The lowest BCUT2D eigenvalue weighted by atomic mass is 10.0. The molecular weight excluding hydrogens is 403 g/mol. The van der Waals surface area contributed by atoms with Gasteiger partial charge in [0.2, 0.25) is 0 Å². The van der Waals surface area contributed by atoms with Crippen LogP contribution < -0.4 is 5.32 Å². The van der Waals surface area contributed by atoms with Gasteiger partial charge in [0.1, 0.15) is 0 Å². The molecule has 3 aromatic carbocycles. The van der Waals surface area contributed by atoms with E-state index >= 15 is 0 Å². The Morgan fingerprint density at radius 2 is 1.62 bits per heavy atom. The smallest absolute Gasteiger partial charge is 0.252 e. The molecule has 1 N–H and O–H groups in total. The Labute approximate surface area is 179 Å². The monoisotopic (exact) mass is 420 g/mol. The predicted octanol–water partition coefficient (Wildman–Crippen LogP) is 6.70. The van der Waals surface area contributed by atoms with Crippen molar-refractivity contribution < 1.29 is 4.79 Å². The highest BCUT2D eigenvalue weighted by atomic mass is 35.5. The molecule has 0 aliphatic carbocycles. The number of benzene rings is 3. The van der Waals surface area contributed by atoms with E-state index in [1.807, 2.05) is 67.6 Å². The number of hydrogen-bond acceptors (Lipinski definition) is 2. The Balaban J connectivity index is 1.76. The highest BCUT2D eigenvalue weighted by molar-refractivity contribution is 6.42. The van der Waals surface area contributed by atoms with Gasteiger partial charge in [0, 0.05) is 10.9 Å². The van der Waals surface area contributed by atoms with Gasteiger partial charge in [-0.1, -0.05) is 77.8 Å². The molecule has 1 heterocycles. The van der Waals surface area contributed by atoms with E-state index in [0.29, 0.717) is 21.3 Å². The third-order valence-corrected chi connectivity index (χ3v) is 5.56. The molecule has 4 rings (SSSR count). The summed E-state index contributed by atoms with van der Waals surface area (Å²) < 4.78 is 0. The predicted molar refractivity (Wildman–Crippen MR) is 120 cm³/mol. The molecule has 29 heavy (non-hydrogen) atoms. The zero-order chi connectivity index (χ0) is 20.4. The first-order chi connectivity index (χ1) is 14.0. The summed E-state index contributed by atoms with van der Waals surface area (Å²) in [5.41, 5.74) is 3.83. The van der Waals surface area contributed by atoms with Crippen LogP contribution >= 0.6 is 23.2 Å². The van der Waals surface area contributed by atoms with Gasteiger partial charge in [0.05, 0.1) is 32.9 Å². The van der Waals surface area contributed by atoms with E-state index in [4.69, 9.17) is 28.2 Å². The number of halogens is 2. The summed E-state index contributed by atoms with van der Waals surface area (Å²) in [6.45, 7) is 1.97. The second-order valence-electron chi connectivity index (χ2n) is 6.81. The fourth-order valence-electron chi connectivity index (χ4n) is 3.27. The van der Waals surface area contributed by atoms with Crippen LogP contribution in [0.3, 0.4) is 0 Å². The molecule has 1 aromatic heterocycles. The SMILES string of the molecule is C[C@H](NC(=O)c1cc(-c2ccc(Cl)c(Cl)c2)nc2ccccc12)c1ccccc1. The number of nitrogens with zero attached hydrogens (tertiary/aromatic N) is 1. The average Bonchev–Trinajstić information content (AvgIpc) is 2.75. The molecule has 0 unspecified atom stereocenters. The number of carbonyl (C=O) groups excluding carboxylic acids is 1. The Morgan fingerprint density at radius 3 is 2.38 bits per heavy atom. The van der Waals surface area contributed by atoms with Crippen molar-refractivity contribution in [2.75, 3.05) is 0 Å². The summed E-state index contributed by atoms with van der Waals surface area (Å²) in [6, 6.07) is 24.5. The quantitative estimate of drug-likeness (QED) is 0.398. The molecule has 3 nitrogen and oxygen atoms in total. The summed E-state index contributed by atoms with van der Waals surface area (Å²) in [5.74, 6) is -0.152. The van der Waals surface area contributed by atoms with Crippen molar-refractivity contribution in [2.24, 2.45) is 0 Å². The molecule has 1 atom stereocenters. The van der Waals surface area contributed by atoms with E-state index in [1.54, 1.807) is 18.2 Å². The minimum Gasteiger partial charge on any atom is -0.345 e. The molecule has 1 amide bonds. The maximum absolute atomic E-state index is 13.2. The van der Waals surface area contributed by atoms with Crippen molar-refractivity contribution in [2.45, 2.75) is 13.0 Å². The molecule has 0 saturated carbocycles. The van der Waals surface area contributed by atoms with Gasteiger partial charge in [-0.25, -0.2) is 4.98 Å². The number of pyridine rings is 1. The maximum Gasteiger partial charge on any atom is 0.252 e. The van der Waals surface area contributed by atoms with Gasteiger partial charge < -0.3 is 5.32 Å². The van der Waals surface area contributed by atoms with Crippen LogP contribution in [-0.2, 0) is 0 Å². The first-order valence-electron chi connectivity index (χ1n) is 9.24. The lowest BCUT2D eigenvalue weighted by Crippen LogP contribution is -2.27. The van der Waals surface area contributed by atoms with Gasteiger partial charge in [-0.15, -0.1) is 0 Å². The standard InChI is InChI=1S/C24H18Cl2N2O/c1-15(16-7-3-2-4-8-16)27-24(29)19-14-23(17-11-12-20(25)21(26)13-17)28-22-10-6-5-9-18(19)22/h2-15H,1H3,(H,27,29)/t15-/m0/s1. The summed E-state index contributed by atoms with van der Waals surface area (Å²) in [5, 5.41) is 4.81. The van der Waals surface area contributed by atoms with Gasteiger partial charge >= 0.3 is 0 Å². The van der Waals surface area contributed by atoms with Crippen molar-refractivity contribution in [3.8, 4) is 11.3 Å². The molecule has 0 radical (unpaired) electrons. The molecule has 0 bridgehead atoms. The van der Waals surface area contributed by atoms with Gasteiger partial charge in [-0.3, -0.25) is 4.79 Å². The third-order valence-electron chi connectivity index (χ3n) is 4.82. The first-order valence-corrected chi connectivity index (χ1v) is 9.99. The van der Waals surface area contributed by atoms with Crippen molar-refractivity contribution >= 4 is 40.0 Å². The Hall–Kier alpha value is -2.88. The van der Waals surface area contributed by atoms with Crippen molar-refractivity contribution in [3.05, 3.63) is 100 Å². The minimum absolute atomic E-state index is 0.121. The first kappa shape index (κ1) is 19.4. The Bertz CT molecular complexity index is 1190. The van der Waals surface area contributed by atoms with Crippen LogP contribution in [0.4, 0.5) is 0 Å². The number of nitrogens with one attached hydrogen (secondary N) is 1. The lowest BCUT2D eigenvalue weighted by molar-refractivity contribution is 0.0941. The number of rotatable bonds is 4. The highest BCUT2D eigenvalue weighted by Gasteiger charge is 2.17. The van der Waals surface area contributed by atoms with E-state index in [2.05, 4.69) is 5.32 Å². The van der Waals surface area contributed by atoms with E-state index in [0.717, 1.165) is 22.0 Å².